The van der Waals surface area contributed by atoms with E-state index in [0.29, 0.717) is 5.75 Å². The molecule has 7 nitrogen and oxygen atoms in total. The first kappa shape index (κ1) is 16.5. The van der Waals surface area contributed by atoms with Gasteiger partial charge in [0.25, 0.3) is 17.0 Å². The quantitative estimate of drug-likeness (QED) is 0.675. The summed E-state index contributed by atoms with van der Waals surface area (Å²) >= 11 is 0. The maximum Gasteiger partial charge on any atom is 0.272 e. The lowest BCUT2D eigenvalue weighted by Crippen LogP contribution is -2.31. The number of fused-ring (bicyclic) bond motifs is 1. The number of nitrogens with one attached hydrogen (secondary N) is 3. The molecule has 3 N–H and O–H groups in total. The van der Waals surface area contributed by atoms with Gasteiger partial charge in [0.1, 0.15) is 5.75 Å². The lowest BCUT2D eigenvalue weighted by molar-refractivity contribution is -0.122. The molecule has 0 aliphatic carbocycles. The second kappa shape index (κ2) is 6.64. The molecule has 0 aliphatic heterocycles. The summed E-state index contributed by atoms with van der Waals surface area (Å²) in [5.74, 6) is 0.156. The van der Waals surface area contributed by atoms with Crippen molar-refractivity contribution in [3.8, 4) is 5.75 Å². The first-order chi connectivity index (χ1) is 12.0. The third kappa shape index (κ3) is 3.45. The van der Waals surface area contributed by atoms with Gasteiger partial charge in [0.2, 0.25) is 0 Å². The molecule has 0 radical (unpaired) electrons. The standard InChI is InChI=1S/C18H17N3O4/c1-10-5-3-6-12(9-10)25-11(2)16(22)19-14-8-4-7-13-15(14)18(24)21-20-17(13)23/h3-9,11H,1-2H3,(H,19,22)(H,20,23)(H,21,24)/t11-/m0/s1. The number of rotatable bonds is 4. The van der Waals surface area contributed by atoms with Gasteiger partial charge in [-0.2, -0.15) is 0 Å². The minimum Gasteiger partial charge on any atom is -0.481 e. The minimum atomic E-state index is -0.780. The van der Waals surface area contributed by atoms with Gasteiger partial charge in [-0.05, 0) is 43.7 Å². The highest BCUT2D eigenvalue weighted by molar-refractivity contribution is 6.02. The monoisotopic (exact) mass is 339 g/mol. The fourth-order valence-corrected chi connectivity index (χ4v) is 2.51. The van der Waals surface area contributed by atoms with Crippen LogP contribution in [0.25, 0.3) is 10.8 Å². The SMILES string of the molecule is Cc1cccc(O[C@@H](C)C(=O)Nc2cccc3c(=O)[nH][nH]c(=O)c23)c1. The van der Waals surface area contributed by atoms with Crippen LogP contribution in [0.1, 0.15) is 12.5 Å². The molecule has 3 aromatic rings. The first-order valence-electron chi connectivity index (χ1n) is 7.73. The molecule has 1 amide bonds. The Bertz CT molecular complexity index is 1050. The number of hydrogen-bond acceptors (Lipinski definition) is 4. The Kier molecular flexibility index (Phi) is 4.38. The molecule has 0 spiro atoms. The van der Waals surface area contributed by atoms with Crippen LogP contribution in [0.3, 0.4) is 0 Å². The summed E-state index contributed by atoms with van der Waals surface area (Å²) in [5.41, 5.74) is 0.354. The van der Waals surface area contributed by atoms with E-state index in [1.54, 1.807) is 25.1 Å². The van der Waals surface area contributed by atoms with Crippen molar-refractivity contribution in [1.82, 2.24) is 10.2 Å². The van der Waals surface area contributed by atoms with Crippen LogP contribution in [0.5, 0.6) is 5.75 Å². The predicted octanol–water partition coefficient (Wildman–Crippen LogP) is 1.93. The van der Waals surface area contributed by atoms with E-state index in [4.69, 9.17) is 4.74 Å². The smallest absolute Gasteiger partial charge is 0.272 e. The Morgan fingerprint density at radius 2 is 1.80 bits per heavy atom. The minimum absolute atomic E-state index is 0.127. The molecule has 3 rings (SSSR count). The van der Waals surface area contributed by atoms with Gasteiger partial charge in [0, 0.05) is 0 Å². The van der Waals surface area contributed by atoms with Crippen LogP contribution in [0.2, 0.25) is 0 Å². The number of carbonyl (C=O) groups excluding carboxylic acids is 1. The highest BCUT2D eigenvalue weighted by atomic mass is 16.5. The second-order valence-electron chi connectivity index (χ2n) is 5.70. The van der Waals surface area contributed by atoms with Crippen molar-refractivity contribution in [1.29, 1.82) is 0 Å². The van der Waals surface area contributed by atoms with Gasteiger partial charge in [-0.25, -0.2) is 0 Å². The molecule has 7 heteroatoms. The van der Waals surface area contributed by atoms with Crippen LogP contribution in [-0.4, -0.2) is 22.2 Å². The molecule has 1 heterocycles. The summed E-state index contributed by atoms with van der Waals surface area (Å²) in [6.45, 7) is 3.54. The Morgan fingerprint density at radius 3 is 2.56 bits per heavy atom. The van der Waals surface area contributed by atoms with Crippen LogP contribution in [0.15, 0.2) is 52.1 Å². The van der Waals surface area contributed by atoms with Gasteiger partial charge in [-0.15, -0.1) is 0 Å². The number of anilines is 1. The molecule has 0 unspecified atom stereocenters. The molecular weight excluding hydrogens is 322 g/mol. The van der Waals surface area contributed by atoms with Crippen molar-refractivity contribution < 1.29 is 9.53 Å². The van der Waals surface area contributed by atoms with Crippen LogP contribution in [0, 0.1) is 6.92 Å². The molecule has 0 fully saturated rings. The van der Waals surface area contributed by atoms with Crippen molar-refractivity contribution >= 4 is 22.4 Å². The molecule has 2 aromatic carbocycles. The average molecular weight is 339 g/mol. The largest absolute Gasteiger partial charge is 0.481 e. The van der Waals surface area contributed by atoms with E-state index in [-0.39, 0.29) is 16.5 Å². The van der Waals surface area contributed by atoms with Crippen molar-refractivity contribution in [3.05, 3.63) is 68.7 Å². The number of hydrogen-bond donors (Lipinski definition) is 3. The average Bonchev–Trinajstić information content (AvgIpc) is 2.58. The lowest BCUT2D eigenvalue weighted by atomic mass is 10.1. The molecule has 0 saturated carbocycles. The molecule has 0 bridgehead atoms. The number of amides is 1. The number of H-pyrrole nitrogens is 2. The Balaban J connectivity index is 1.86. The topological polar surface area (TPSA) is 104 Å². The zero-order valence-electron chi connectivity index (χ0n) is 13.8. The normalized spacial score (nSPS) is 11.9. The molecule has 1 aromatic heterocycles. The number of ether oxygens (including phenoxy) is 1. The molecule has 0 saturated heterocycles. The number of aromatic amines is 2. The summed E-state index contributed by atoms with van der Waals surface area (Å²) < 4.78 is 5.63. The summed E-state index contributed by atoms with van der Waals surface area (Å²) in [6.07, 6.45) is -0.780. The van der Waals surface area contributed by atoms with Gasteiger partial charge < -0.3 is 10.1 Å². The van der Waals surface area contributed by atoms with Crippen LogP contribution in [-0.2, 0) is 4.79 Å². The third-order valence-electron chi connectivity index (χ3n) is 3.76. The fraction of sp³-hybridized carbons (Fsp3) is 0.167. The number of benzene rings is 2. The van der Waals surface area contributed by atoms with Crippen LogP contribution in [0.4, 0.5) is 5.69 Å². The first-order valence-corrected chi connectivity index (χ1v) is 7.73. The van der Waals surface area contributed by atoms with E-state index in [1.807, 2.05) is 25.1 Å². The lowest BCUT2D eigenvalue weighted by Gasteiger charge is -2.15. The van der Waals surface area contributed by atoms with Crippen molar-refractivity contribution in [3.63, 3.8) is 0 Å². The Morgan fingerprint density at radius 1 is 1.08 bits per heavy atom. The van der Waals surface area contributed by atoms with E-state index < -0.39 is 23.1 Å². The van der Waals surface area contributed by atoms with Gasteiger partial charge in [-0.3, -0.25) is 24.6 Å². The van der Waals surface area contributed by atoms with E-state index in [2.05, 4.69) is 15.5 Å². The van der Waals surface area contributed by atoms with Gasteiger partial charge in [-0.1, -0.05) is 18.2 Å². The van der Waals surface area contributed by atoms with Crippen molar-refractivity contribution in [2.45, 2.75) is 20.0 Å². The maximum absolute atomic E-state index is 12.4. The van der Waals surface area contributed by atoms with Gasteiger partial charge in [0.05, 0.1) is 16.5 Å². The molecular formula is C18H17N3O4. The molecule has 1 atom stereocenters. The molecule has 0 aliphatic rings. The third-order valence-corrected chi connectivity index (χ3v) is 3.76. The number of aromatic nitrogens is 2. The highest BCUT2D eigenvalue weighted by Crippen LogP contribution is 2.18. The van der Waals surface area contributed by atoms with E-state index in [1.165, 1.54) is 6.07 Å². The summed E-state index contributed by atoms with van der Waals surface area (Å²) in [6, 6.07) is 12.0. The summed E-state index contributed by atoms with van der Waals surface area (Å²) in [7, 11) is 0. The molecule has 128 valence electrons. The van der Waals surface area contributed by atoms with Gasteiger partial charge >= 0.3 is 0 Å². The fourth-order valence-electron chi connectivity index (χ4n) is 2.51. The van der Waals surface area contributed by atoms with Crippen molar-refractivity contribution in [2.24, 2.45) is 0 Å². The van der Waals surface area contributed by atoms with Crippen LogP contribution >= 0.6 is 0 Å². The Labute approximate surface area is 142 Å². The zero-order chi connectivity index (χ0) is 18.0. The predicted molar refractivity (Wildman–Crippen MR) is 95.1 cm³/mol. The second-order valence-corrected chi connectivity index (χ2v) is 5.70. The molecule has 25 heavy (non-hydrogen) atoms. The van der Waals surface area contributed by atoms with E-state index in [9.17, 15) is 14.4 Å². The van der Waals surface area contributed by atoms with Gasteiger partial charge in [0.15, 0.2) is 6.10 Å². The Hall–Kier alpha value is -3.35. The zero-order valence-corrected chi connectivity index (χ0v) is 13.8. The van der Waals surface area contributed by atoms with Crippen molar-refractivity contribution in [2.75, 3.05) is 5.32 Å². The summed E-state index contributed by atoms with van der Waals surface area (Å²) in [4.78, 5) is 36.2. The summed E-state index contributed by atoms with van der Waals surface area (Å²) in [5, 5.41) is 7.49. The van der Waals surface area contributed by atoms with E-state index >= 15 is 0 Å². The van der Waals surface area contributed by atoms with E-state index in [0.717, 1.165) is 5.56 Å². The maximum atomic E-state index is 12.4. The number of carbonyl (C=O) groups is 1. The number of aryl methyl sites for hydroxylation is 1. The highest BCUT2D eigenvalue weighted by Gasteiger charge is 2.17. The van der Waals surface area contributed by atoms with Crippen LogP contribution < -0.4 is 21.2 Å².